The van der Waals surface area contributed by atoms with Crippen molar-refractivity contribution in [1.29, 1.82) is 0 Å². The number of amides is 1. The predicted octanol–water partition coefficient (Wildman–Crippen LogP) is 0.574. The fourth-order valence-corrected chi connectivity index (χ4v) is 1.43. The molecule has 0 spiro atoms. The molecule has 1 aliphatic heterocycles. The van der Waals surface area contributed by atoms with Crippen molar-refractivity contribution in [2.24, 2.45) is 5.92 Å². The molecule has 76 valence electrons. The van der Waals surface area contributed by atoms with Gasteiger partial charge in [-0.15, -0.1) is 0 Å². The van der Waals surface area contributed by atoms with Gasteiger partial charge in [-0.3, -0.25) is 4.79 Å². The van der Waals surface area contributed by atoms with Gasteiger partial charge in [0.2, 0.25) is 5.91 Å². The van der Waals surface area contributed by atoms with Gasteiger partial charge in [0.25, 0.3) is 0 Å². The smallest absolute Gasteiger partial charge is 0.223 e. The number of β-amino-alcohol motifs (C(OH)–C–C–N with tert-alkyl or cyclic N) is 1. The van der Waals surface area contributed by atoms with E-state index in [9.17, 15) is 9.18 Å². The van der Waals surface area contributed by atoms with E-state index in [1.165, 1.54) is 4.90 Å². The van der Waals surface area contributed by atoms with Crippen molar-refractivity contribution in [3.63, 3.8) is 0 Å². The second-order valence-electron chi connectivity index (χ2n) is 3.98. The van der Waals surface area contributed by atoms with Crippen LogP contribution in [0.5, 0.6) is 0 Å². The summed E-state index contributed by atoms with van der Waals surface area (Å²) in [6, 6.07) is 0. The first kappa shape index (κ1) is 10.4. The molecule has 3 nitrogen and oxygen atoms in total. The van der Waals surface area contributed by atoms with Crippen LogP contribution in [-0.2, 0) is 4.79 Å². The van der Waals surface area contributed by atoms with Crippen molar-refractivity contribution in [2.45, 2.75) is 32.5 Å². The van der Waals surface area contributed by atoms with Crippen LogP contribution in [0.1, 0.15) is 20.3 Å². The van der Waals surface area contributed by atoms with Crippen LogP contribution < -0.4 is 0 Å². The van der Waals surface area contributed by atoms with Crippen LogP contribution in [0.3, 0.4) is 0 Å². The highest BCUT2D eigenvalue weighted by Crippen LogP contribution is 2.15. The first-order valence-corrected chi connectivity index (χ1v) is 4.60. The van der Waals surface area contributed by atoms with E-state index in [2.05, 4.69) is 0 Å². The van der Waals surface area contributed by atoms with Crippen LogP contribution in [0, 0.1) is 5.92 Å². The third-order valence-electron chi connectivity index (χ3n) is 2.16. The number of aliphatic hydroxyl groups is 1. The van der Waals surface area contributed by atoms with Crippen LogP contribution in [0.2, 0.25) is 0 Å². The minimum Gasteiger partial charge on any atom is -0.388 e. The maximum atomic E-state index is 12.8. The second-order valence-corrected chi connectivity index (χ2v) is 3.98. The fraction of sp³-hybridized carbons (Fsp3) is 0.889. The van der Waals surface area contributed by atoms with Gasteiger partial charge in [0.15, 0.2) is 0 Å². The van der Waals surface area contributed by atoms with E-state index in [0.29, 0.717) is 6.42 Å². The Kier molecular flexibility index (Phi) is 3.25. The first-order chi connectivity index (χ1) is 6.00. The van der Waals surface area contributed by atoms with Crippen LogP contribution in [0.4, 0.5) is 4.39 Å². The standard InChI is InChI=1S/C9H16FNO2/c1-6(2)3-9(13)11-4-7(10)8(12)5-11/h6-8,12H,3-5H2,1-2H3/t7-,8-/m0/s1. The molecule has 1 saturated heterocycles. The lowest BCUT2D eigenvalue weighted by molar-refractivity contribution is -0.131. The zero-order valence-electron chi connectivity index (χ0n) is 8.03. The minimum atomic E-state index is -1.27. The Morgan fingerprint density at radius 3 is 2.62 bits per heavy atom. The Morgan fingerprint density at radius 1 is 1.62 bits per heavy atom. The van der Waals surface area contributed by atoms with Gasteiger partial charge < -0.3 is 10.0 Å². The number of likely N-dealkylation sites (tertiary alicyclic amines) is 1. The number of rotatable bonds is 2. The van der Waals surface area contributed by atoms with Crippen molar-refractivity contribution in [2.75, 3.05) is 13.1 Å². The number of carbonyl (C=O) groups excluding carboxylic acids is 1. The zero-order chi connectivity index (χ0) is 10.0. The Labute approximate surface area is 77.5 Å². The number of alkyl halides is 1. The Hall–Kier alpha value is -0.640. The van der Waals surface area contributed by atoms with Crippen LogP contribution in [-0.4, -0.2) is 41.3 Å². The molecule has 0 saturated carbocycles. The average Bonchev–Trinajstić information content (AvgIpc) is 2.31. The Bertz CT molecular complexity index is 186. The molecule has 0 radical (unpaired) electrons. The van der Waals surface area contributed by atoms with Gasteiger partial charge in [-0.1, -0.05) is 13.8 Å². The molecule has 1 heterocycles. The molecule has 0 unspecified atom stereocenters. The summed E-state index contributed by atoms with van der Waals surface area (Å²) < 4.78 is 12.8. The Balaban J connectivity index is 2.42. The quantitative estimate of drug-likeness (QED) is 0.690. The number of hydrogen-bond acceptors (Lipinski definition) is 2. The summed E-state index contributed by atoms with van der Waals surface area (Å²) in [7, 11) is 0. The number of aliphatic hydroxyl groups excluding tert-OH is 1. The maximum Gasteiger partial charge on any atom is 0.223 e. The molecular weight excluding hydrogens is 173 g/mol. The van der Waals surface area contributed by atoms with Gasteiger partial charge in [-0.05, 0) is 5.92 Å². The van der Waals surface area contributed by atoms with Crippen molar-refractivity contribution in [3.8, 4) is 0 Å². The lowest BCUT2D eigenvalue weighted by atomic mass is 10.1. The van der Waals surface area contributed by atoms with Crippen molar-refractivity contribution < 1.29 is 14.3 Å². The van der Waals surface area contributed by atoms with Gasteiger partial charge in [0.1, 0.15) is 12.3 Å². The SMILES string of the molecule is CC(C)CC(=O)N1C[C@H](O)[C@@H](F)C1. The van der Waals surface area contributed by atoms with Gasteiger partial charge in [-0.25, -0.2) is 4.39 Å². The summed E-state index contributed by atoms with van der Waals surface area (Å²) in [6.45, 7) is 4.08. The van der Waals surface area contributed by atoms with E-state index in [0.717, 1.165) is 0 Å². The fourth-order valence-electron chi connectivity index (χ4n) is 1.43. The highest BCUT2D eigenvalue weighted by atomic mass is 19.1. The highest BCUT2D eigenvalue weighted by Gasteiger charge is 2.33. The molecule has 13 heavy (non-hydrogen) atoms. The lowest BCUT2D eigenvalue weighted by Crippen LogP contribution is -2.30. The summed E-state index contributed by atoms with van der Waals surface area (Å²) in [5, 5.41) is 9.08. The van der Waals surface area contributed by atoms with Gasteiger partial charge >= 0.3 is 0 Å². The topological polar surface area (TPSA) is 40.5 Å². The van der Waals surface area contributed by atoms with Gasteiger partial charge in [0, 0.05) is 13.0 Å². The summed E-state index contributed by atoms with van der Waals surface area (Å²) in [6.07, 6.45) is -1.83. The largest absolute Gasteiger partial charge is 0.388 e. The molecule has 1 fully saturated rings. The average molecular weight is 189 g/mol. The van der Waals surface area contributed by atoms with Crippen LogP contribution >= 0.6 is 0 Å². The molecule has 2 atom stereocenters. The lowest BCUT2D eigenvalue weighted by Gasteiger charge is -2.16. The van der Waals surface area contributed by atoms with Crippen molar-refractivity contribution in [1.82, 2.24) is 4.90 Å². The Morgan fingerprint density at radius 2 is 2.23 bits per heavy atom. The highest BCUT2D eigenvalue weighted by molar-refractivity contribution is 5.76. The number of nitrogens with zero attached hydrogens (tertiary/aromatic N) is 1. The second kappa shape index (κ2) is 4.05. The first-order valence-electron chi connectivity index (χ1n) is 4.60. The van der Waals surface area contributed by atoms with E-state index in [1.54, 1.807) is 0 Å². The zero-order valence-corrected chi connectivity index (χ0v) is 8.03. The van der Waals surface area contributed by atoms with Crippen molar-refractivity contribution in [3.05, 3.63) is 0 Å². The summed E-state index contributed by atoms with van der Waals surface area (Å²) in [5.74, 6) is 0.220. The predicted molar refractivity (Wildman–Crippen MR) is 46.9 cm³/mol. The minimum absolute atomic E-state index is 0.0483. The molecule has 1 rings (SSSR count). The molecule has 0 aromatic heterocycles. The molecule has 0 aromatic carbocycles. The molecule has 1 amide bonds. The van der Waals surface area contributed by atoms with Crippen LogP contribution in [0.25, 0.3) is 0 Å². The third kappa shape index (κ3) is 2.66. The molecule has 1 aliphatic rings. The third-order valence-corrected chi connectivity index (χ3v) is 2.16. The van der Waals surface area contributed by atoms with Crippen molar-refractivity contribution >= 4 is 5.91 Å². The molecule has 0 bridgehead atoms. The molecular formula is C9H16FNO2. The molecule has 0 aliphatic carbocycles. The summed E-state index contributed by atoms with van der Waals surface area (Å²) in [5.41, 5.74) is 0. The number of halogens is 1. The van der Waals surface area contributed by atoms with E-state index in [1.807, 2.05) is 13.8 Å². The molecule has 4 heteroatoms. The summed E-state index contributed by atoms with van der Waals surface area (Å²) >= 11 is 0. The normalized spacial score (nSPS) is 28.5. The van der Waals surface area contributed by atoms with E-state index < -0.39 is 12.3 Å². The summed E-state index contributed by atoms with van der Waals surface area (Å²) in [4.78, 5) is 12.8. The maximum absolute atomic E-state index is 12.8. The number of carbonyl (C=O) groups is 1. The van der Waals surface area contributed by atoms with E-state index >= 15 is 0 Å². The molecule has 0 aromatic rings. The number of hydrogen-bond donors (Lipinski definition) is 1. The van der Waals surface area contributed by atoms with Crippen LogP contribution in [0.15, 0.2) is 0 Å². The monoisotopic (exact) mass is 189 g/mol. The van der Waals surface area contributed by atoms with E-state index in [-0.39, 0.29) is 24.9 Å². The molecule has 1 N–H and O–H groups in total. The van der Waals surface area contributed by atoms with Gasteiger partial charge in [-0.2, -0.15) is 0 Å². The van der Waals surface area contributed by atoms with Gasteiger partial charge in [0.05, 0.1) is 6.54 Å². The van der Waals surface area contributed by atoms with E-state index in [4.69, 9.17) is 5.11 Å².